The molecule has 1 aromatic carbocycles. The van der Waals surface area contributed by atoms with Crippen molar-refractivity contribution in [2.45, 2.75) is 52.4 Å². The van der Waals surface area contributed by atoms with Gasteiger partial charge in [0.2, 0.25) is 0 Å². The van der Waals surface area contributed by atoms with Gasteiger partial charge in [0.05, 0.1) is 25.5 Å². The number of ether oxygens (including phenoxy) is 2. The van der Waals surface area contributed by atoms with E-state index in [-0.39, 0.29) is 0 Å². The van der Waals surface area contributed by atoms with E-state index in [1.54, 1.807) is 7.11 Å². The van der Waals surface area contributed by atoms with Crippen molar-refractivity contribution in [2.75, 3.05) is 46.6 Å². The van der Waals surface area contributed by atoms with Crippen LogP contribution in [0.5, 0.6) is 0 Å². The molecule has 0 unspecified atom stereocenters. The first-order valence-corrected chi connectivity index (χ1v) is 12.4. The van der Waals surface area contributed by atoms with E-state index in [1.165, 1.54) is 46.1 Å². The standard InChI is InChI=1S/C28H39N3O2/c1-19(2)27-25-18-23(22-8-10-31(11-9-22)12-13-33-15-14-32-5)6-7-26(25)30-28(27)24-16-20(3)29-21(4)17-24/h6-7,16-19,22,30H,8-15H2,1-5H3. The molecule has 4 rings (SSSR count). The van der Waals surface area contributed by atoms with Gasteiger partial charge in [-0.2, -0.15) is 0 Å². The molecular weight excluding hydrogens is 410 g/mol. The predicted octanol–water partition coefficient (Wildman–Crippen LogP) is 5.81. The molecule has 1 fully saturated rings. The maximum atomic E-state index is 5.65. The van der Waals surface area contributed by atoms with E-state index in [0.717, 1.165) is 37.6 Å². The zero-order valence-corrected chi connectivity index (χ0v) is 20.9. The third-order valence-corrected chi connectivity index (χ3v) is 6.85. The van der Waals surface area contributed by atoms with Crippen molar-refractivity contribution >= 4 is 10.9 Å². The highest BCUT2D eigenvalue weighted by Gasteiger charge is 2.23. The van der Waals surface area contributed by atoms with Gasteiger partial charge < -0.3 is 19.4 Å². The van der Waals surface area contributed by atoms with Gasteiger partial charge in [-0.15, -0.1) is 0 Å². The molecule has 1 aliphatic rings. The number of nitrogens with zero attached hydrogens (tertiary/aromatic N) is 2. The molecule has 0 bridgehead atoms. The molecule has 5 nitrogen and oxygen atoms in total. The van der Waals surface area contributed by atoms with Gasteiger partial charge in [-0.05, 0) is 87.0 Å². The molecule has 1 saturated heterocycles. The topological polar surface area (TPSA) is 50.4 Å². The normalized spacial score (nSPS) is 15.7. The van der Waals surface area contributed by atoms with Gasteiger partial charge >= 0.3 is 0 Å². The Morgan fingerprint density at radius 1 is 1.03 bits per heavy atom. The van der Waals surface area contributed by atoms with Crippen LogP contribution in [0.2, 0.25) is 0 Å². The predicted molar refractivity (Wildman–Crippen MR) is 136 cm³/mol. The van der Waals surface area contributed by atoms with Gasteiger partial charge in [-0.1, -0.05) is 19.9 Å². The highest BCUT2D eigenvalue weighted by molar-refractivity contribution is 5.92. The Labute approximate surface area is 198 Å². The summed E-state index contributed by atoms with van der Waals surface area (Å²) in [5.74, 6) is 1.07. The fourth-order valence-electron chi connectivity index (χ4n) is 5.22. The summed E-state index contributed by atoms with van der Waals surface area (Å²) < 4.78 is 10.7. The Morgan fingerprint density at radius 2 is 1.76 bits per heavy atom. The number of H-pyrrole nitrogens is 1. The molecule has 0 spiro atoms. The number of aromatic amines is 1. The number of pyridine rings is 1. The number of hydrogen-bond donors (Lipinski definition) is 1. The molecule has 1 aliphatic heterocycles. The second kappa shape index (κ2) is 10.8. The molecule has 3 heterocycles. The van der Waals surface area contributed by atoms with Crippen molar-refractivity contribution in [1.29, 1.82) is 0 Å². The van der Waals surface area contributed by atoms with Gasteiger partial charge in [0, 0.05) is 41.5 Å². The van der Waals surface area contributed by atoms with Crippen molar-refractivity contribution in [3.63, 3.8) is 0 Å². The van der Waals surface area contributed by atoms with Crippen molar-refractivity contribution in [1.82, 2.24) is 14.9 Å². The van der Waals surface area contributed by atoms with Crippen LogP contribution in [-0.4, -0.2) is 61.4 Å². The fourth-order valence-corrected chi connectivity index (χ4v) is 5.22. The van der Waals surface area contributed by atoms with Crippen molar-refractivity contribution < 1.29 is 9.47 Å². The Morgan fingerprint density at radius 3 is 2.42 bits per heavy atom. The highest BCUT2D eigenvalue weighted by atomic mass is 16.5. The quantitative estimate of drug-likeness (QED) is 0.419. The van der Waals surface area contributed by atoms with Gasteiger partial charge in [-0.3, -0.25) is 4.98 Å². The largest absolute Gasteiger partial charge is 0.382 e. The van der Waals surface area contributed by atoms with Crippen LogP contribution >= 0.6 is 0 Å². The highest BCUT2D eigenvalue weighted by Crippen LogP contribution is 2.38. The van der Waals surface area contributed by atoms with E-state index < -0.39 is 0 Å². The van der Waals surface area contributed by atoms with Gasteiger partial charge in [0.25, 0.3) is 0 Å². The number of fused-ring (bicyclic) bond motifs is 1. The zero-order valence-electron chi connectivity index (χ0n) is 20.9. The van der Waals surface area contributed by atoms with Gasteiger partial charge in [-0.25, -0.2) is 0 Å². The van der Waals surface area contributed by atoms with Crippen LogP contribution in [0.1, 0.15) is 61.0 Å². The van der Waals surface area contributed by atoms with Gasteiger partial charge in [0.1, 0.15) is 0 Å². The van der Waals surface area contributed by atoms with E-state index in [9.17, 15) is 0 Å². The molecule has 2 aromatic heterocycles. The van der Waals surface area contributed by atoms with Crippen LogP contribution in [0.15, 0.2) is 30.3 Å². The number of likely N-dealkylation sites (tertiary alicyclic amines) is 1. The first-order chi connectivity index (χ1) is 16.0. The number of piperidine rings is 1. The molecule has 0 amide bonds. The van der Waals surface area contributed by atoms with Crippen molar-refractivity contribution in [3.8, 4) is 11.3 Å². The smallest absolute Gasteiger partial charge is 0.0700 e. The number of nitrogens with one attached hydrogen (secondary N) is 1. The third kappa shape index (κ3) is 5.65. The summed E-state index contributed by atoms with van der Waals surface area (Å²) in [5, 5.41) is 1.37. The molecule has 0 aliphatic carbocycles. The molecule has 0 radical (unpaired) electrons. The van der Waals surface area contributed by atoms with Crippen LogP contribution in [0, 0.1) is 13.8 Å². The first kappa shape index (κ1) is 23.9. The van der Waals surface area contributed by atoms with E-state index >= 15 is 0 Å². The number of aryl methyl sites for hydroxylation is 2. The minimum Gasteiger partial charge on any atom is -0.382 e. The molecular formula is C28H39N3O2. The number of rotatable bonds is 9. The zero-order chi connectivity index (χ0) is 23.4. The van der Waals surface area contributed by atoms with E-state index in [2.05, 4.69) is 72.9 Å². The SMILES string of the molecule is COCCOCCN1CCC(c2ccc3[nH]c(-c4cc(C)nc(C)c4)c(C(C)C)c3c2)CC1. The second-order valence-electron chi connectivity index (χ2n) is 9.73. The van der Waals surface area contributed by atoms with Crippen LogP contribution in [0.3, 0.4) is 0 Å². The Kier molecular flexibility index (Phi) is 7.84. The summed E-state index contributed by atoms with van der Waals surface area (Å²) in [7, 11) is 1.71. The molecule has 0 saturated carbocycles. The monoisotopic (exact) mass is 449 g/mol. The summed E-state index contributed by atoms with van der Waals surface area (Å²) in [6.07, 6.45) is 2.42. The third-order valence-electron chi connectivity index (χ3n) is 6.85. The van der Waals surface area contributed by atoms with Crippen molar-refractivity contribution in [2.24, 2.45) is 0 Å². The number of benzene rings is 1. The van der Waals surface area contributed by atoms with Crippen LogP contribution in [-0.2, 0) is 9.47 Å². The lowest BCUT2D eigenvalue weighted by Gasteiger charge is -2.32. The Balaban J connectivity index is 1.51. The Hall–Kier alpha value is -2.21. The molecule has 1 N–H and O–H groups in total. The van der Waals surface area contributed by atoms with E-state index in [4.69, 9.17) is 9.47 Å². The van der Waals surface area contributed by atoms with Gasteiger partial charge in [0.15, 0.2) is 0 Å². The number of hydrogen-bond acceptors (Lipinski definition) is 4. The molecule has 178 valence electrons. The maximum absolute atomic E-state index is 5.65. The average molecular weight is 450 g/mol. The minimum absolute atomic E-state index is 0.442. The number of aromatic nitrogens is 2. The lowest BCUT2D eigenvalue weighted by atomic mass is 9.87. The lowest BCUT2D eigenvalue weighted by molar-refractivity contribution is 0.0532. The molecule has 3 aromatic rings. The first-order valence-electron chi connectivity index (χ1n) is 12.4. The summed E-state index contributed by atoms with van der Waals surface area (Å²) >= 11 is 0. The number of methoxy groups -OCH3 is 1. The summed E-state index contributed by atoms with van der Waals surface area (Å²) in [5.41, 5.74) is 8.74. The van der Waals surface area contributed by atoms with Crippen molar-refractivity contribution in [3.05, 3.63) is 52.8 Å². The van der Waals surface area contributed by atoms with Crippen LogP contribution in [0.4, 0.5) is 0 Å². The molecule has 0 atom stereocenters. The summed E-state index contributed by atoms with van der Waals surface area (Å²) in [6.45, 7) is 14.2. The second-order valence-corrected chi connectivity index (χ2v) is 9.73. The lowest BCUT2D eigenvalue weighted by Crippen LogP contribution is -2.35. The fraction of sp³-hybridized carbons (Fsp3) is 0.536. The summed E-state index contributed by atoms with van der Waals surface area (Å²) in [6, 6.07) is 11.5. The van der Waals surface area contributed by atoms with Crippen LogP contribution < -0.4 is 0 Å². The average Bonchev–Trinajstić information content (AvgIpc) is 3.18. The summed E-state index contributed by atoms with van der Waals surface area (Å²) in [4.78, 5) is 10.8. The van der Waals surface area contributed by atoms with E-state index in [0.29, 0.717) is 25.0 Å². The Bertz CT molecular complexity index is 1040. The van der Waals surface area contributed by atoms with Crippen LogP contribution in [0.25, 0.3) is 22.2 Å². The molecule has 5 heteroatoms. The van der Waals surface area contributed by atoms with E-state index in [1.807, 2.05) is 0 Å². The minimum atomic E-state index is 0.442. The molecule has 33 heavy (non-hydrogen) atoms. The maximum Gasteiger partial charge on any atom is 0.0700 e.